The van der Waals surface area contributed by atoms with E-state index in [-0.39, 0.29) is 12.0 Å². The van der Waals surface area contributed by atoms with Crippen LogP contribution in [0.25, 0.3) is 17.2 Å². The Balaban J connectivity index is 1.38. The second-order valence-electron chi connectivity index (χ2n) is 7.41. The van der Waals surface area contributed by atoms with Gasteiger partial charge in [-0.2, -0.15) is 0 Å². The van der Waals surface area contributed by atoms with Crippen molar-refractivity contribution in [3.63, 3.8) is 0 Å². The number of ether oxygens (including phenoxy) is 1. The largest absolute Gasteiger partial charge is 0.488 e. The van der Waals surface area contributed by atoms with Gasteiger partial charge in [0.05, 0.1) is 17.8 Å². The van der Waals surface area contributed by atoms with Gasteiger partial charge in [0.25, 0.3) is 5.91 Å². The molecule has 1 unspecified atom stereocenters. The molecule has 0 N–H and O–H groups in total. The molecule has 1 atom stereocenters. The Hall–Kier alpha value is -3.61. The van der Waals surface area contributed by atoms with Crippen LogP contribution in [0.2, 0.25) is 0 Å². The Bertz CT molecular complexity index is 1180. The second-order valence-corrected chi connectivity index (χ2v) is 7.41. The minimum absolute atomic E-state index is 0.0288. The number of carbonyl (C=O) groups excluding carboxylic acids is 1. The molecule has 4 heterocycles. The zero-order valence-corrected chi connectivity index (χ0v) is 16.3. The highest BCUT2D eigenvalue weighted by atomic mass is 16.5. The van der Waals surface area contributed by atoms with E-state index < -0.39 is 0 Å². The number of pyridine rings is 1. The third kappa shape index (κ3) is 3.04. The Morgan fingerprint density at radius 1 is 1.17 bits per heavy atom. The first-order valence-corrected chi connectivity index (χ1v) is 9.56. The lowest BCUT2D eigenvalue weighted by Gasteiger charge is -2.21. The predicted molar refractivity (Wildman–Crippen MR) is 109 cm³/mol. The van der Waals surface area contributed by atoms with Gasteiger partial charge in [-0.1, -0.05) is 18.2 Å². The summed E-state index contributed by atoms with van der Waals surface area (Å²) < 4.78 is 9.82. The number of para-hydroxylation sites is 1. The molecule has 1 aliphatic rings. The van der Waals surface area contributed by atoms with Gasteiger partial charge in [-0.05, 0) is 35.9 Å². The van der Waals surface area contributed by atoms with Crippen LogP contribution in [0.5, 0.6) is 5.75 Å². The molecule has 7 nitrogen and oxygen atoms in total. The van der Waals surface area contributed by atoms with E-state index >= 15 is 0 Å². The molecule has 7 heteroatoms. The summed E-state index contributed by atoms with van der Waals surface area (Å²) in [4.78, 5) is 14.8. The molecule has 146 valence electrons. The third-order valence-corrected chi connectivity index (χ3v) is 5.36. The van der Waals surface area contributed by atoms with Gasteiger partial charge >= 0.3 is 0 Å². The number of aryl methyl sites for hydroxylation is 1. The normalized spacial score (nSPS) is 15.3. The molecule has 1 aliphatic heterocycles. The minimum atomic E-state index is -0.0574. The van der Waals surface area contributed by atoms with Crippen molar-refractivity contribution in [3.8, 4) is 17.3 Å². The number of nitrogens with zero attached hydrogens (tertiary/aromatic N) is 5. The first-order valence-electron chi connectivity index (χ1n) is 9.56. The number of benzene rings is 1. The maximum atomic E-state index is 13.0. The third-order valence-electron chi connectivity index (χ3n) is 5.36. The van der Waals surface area contributed by atoms with Crippen LogP contribution in [0.3, 0.4) is 0 Å². The predicted octanol–water partition coefficient (Wildman–Crippen LogP) is 2.81. The number of rotatable bonds is 4. The van der Waals surface area contributed by atoms with Crippen LogP contribution in [-0.2, 0) is 13.5 Å². The molecule has 0 aliphatic carbocycles. The topological polar surface area (TPSA) is 64.7 Å². The molecule has 1 amide bonds. The van der Waals surface area contributed by atoms with Crippen molar-refractivity contribution < 1.29 is 9.53 Å². The molecular weight excluding hydrogens is 366 g/mol. The van der Waals surface area contributed by atoms with E-state index in [1.807, 2.05) is 65.7 Å². The van der Waals surface area contributed by atoms with E-state index in [1.54, 1.807) is 17.2 Å². The van der Waals surface area contributed by atoms with E-state index in [1.165, 1.54) is 5.56 Å². The summed E-state index contributed by atoms with van der Waals surface area (Å²) >= 11 is 0. The standard InChI is InChI=1S/C22H21N5O2/c1-25-11-5-7-18(25)21-24-23-20-10-9-16(13-27(20)21)22(28)26(2)14-17-12-15-6-3-4-8-19(15)29-17/h3-11,13,17H,12,14H2,1-2H3. The van der Waals surface area contributed by atoms with Crippen molar-refractivity contribution in [3.05, 3.63) is 72.1 Å². The summed E-state index contributed by atoms with van der Waals surface area (Å²) in [7, 11) is 3.77. The van der Waals surface area contributed by atoms with Gasteiger partial charge in [-0.25, -0.2) is 0 Å². The summed E-state index contributed by atoms with van der Waals surface area (Å²) in [5, 5.41) is 8.52. The van der Waals surface area contributed by atoms with Gasteiger partial charge in [-0.3, -0.25) is 9.20 Å². The van der Waals surface area contributed by atoms with Crippen molar-refractivity contribution in [1.29, 1.82) is 0 Å². The van der Waals surface area contributed by atoms with Crippen LogP contribution in [0, 0.1) is 0 Å². The highest BCUT2D eigenvalue weighted by Crippen LogP contribution is 2.28. The molecule has 0 bridgehead atoms. The van der Waals surface area contributed by atoms with Gasteiger partial charge < -0.3 is 14.2 Å². The van der Waals surface area contributed by atoms with Crippen molar-refractivity contribution in [2.24, 2.45) is 7.05 Å². The number of hydrogen-bond donors (Lipinski definition) is 0. The van der Waals surface area contributed by atoms with Gasteiger partial charge in [0.1, 0.15) is 11.9 Å². The molecule has 0 saturated heterocycles. The van der Waals surface area contributed by atoms with Gasteiger partial charge in [0, 0.05) is 32.9 Å². The highest BCUT2D eigenvalue weighted by molar-refractivity contribution is 5.94. The first-order chi connectivity index (χ1) is 14.1. The summed E-state index contributed by atoms with van der Waals surface area (Å²) in [5.74, 6) is 1.56. The Morgan fingerprint density at radius 2 is 2.03 bits per heavy atom. The maximum Gasteiger partial charge on any atom is 0.255 e. The van der Waals surface area contributed by atoms with Crippen molar-refractivity contribution in [2.45, 2.75) is 12.5 Å². The SMILES string of the molecule is CN(CC1Cc2ccccc2O1)C(=O)c1ccc2nnc(-c3cccn3C)n2c1. The summed E-state index contributed by atoms with van der Waals surface area (Å²) in [6.45, 7) is 0.526. The zero-order valence-electron chi connectivity index (χ0n) is 16.3. The lowest BCUT2D eigenvalue weighted by atomic mass is 10.1. The molecule has 1 aromatic carbocycles. The van der Waals surface area contributed by atoms with Gasteiger partial charge in [0.15, 0.2) is 11.5 Å². The van der Waals surface area contributed by atoms with E-state index in [9.17, 15) is 4.79 Å². The quantitative estimate of drug-likeness (QED) is 0.540. The number of aromatic nitrogens is 4. The first kappa shape index (κ1) is 17.5. The van der Waals surface area contributed by atoms with E-state index in [0.717, 1.165) is 17.9 Å². The molecule has 3 aromatic heterocycles. The Labute approximate surface area is 168 Å². The van der Waals surface area contributed by atoms with Gasteiger partial charge in [0.2, 0.25) is 0 Å². The summed E-state index contributed by atoms with van der Waals surface area (Å²) in [6.07, 6.45) is 4.55. The number of fused-ring (bicyclic) bond motifs is 2. The molecule has 4 aromatic rings. The van der Waals surface area contributed by atoms with Crippen LogP contribution in [0.15, 0.2) is 60.9 Å². The smallest absolute Gasteiger partial charge is 0.255 e. The number of likely N-dealkylation sites (N-methyl/N-ethyl adjacent to an activating group) is 1. The number of carbonyl (C=O) groups is 1. The van der Waals surface area contributed by atoms with E-state index in [2.05, 4.69) is 16.3 Å². The monoisotopic (exact) mass is 387 g/mol. The minimum Gasteiger partial charge on any atom is -0.488 e. The number of amides is 1. The molecule has 0 saturated carbocycles. The number of hydrogen-bond acceptors (Lipinski definition) is 4. The van der Waals surface area contributed by atoms with Gasteiger partial charge in [-0.15, -0.1) is 10.2 Å². The van der Waals surface area contributed by atoms with Crippen molar-refractivity contribution >= 4 is 11.6 Å². The lowest BCUT2D eigenvalue weighted by Crippen LogP contribution is -2.36. The average molecular weight is 387 g/mol. The molecule has 29 heavy (non-hydrogen) atoms. The zero-order chi connectivity index (χ0) is 20.0. The fraction of sp³-hybridized carbons (Fsp3) is 0.227. The highest BCUT2D eigenvalue weighted by Gasteiger charge is 2.25. The van der Waals surface area contributed by atoms with E-state index in [4.69, 9.17) is 4.74 Å². The van der Waals surface area contributed by atoms with Crippen molar-refractivity contribution in [1.82, 2.24) is 24.1 Å². The lowest BCUT2D eigenvalue weighted by molar-refractivity contribution is 0.0730. The fourth-order valence-electron chi connectivity index (χ4n) is 3.85. The van der Waals surface area contributed by atoms with Crippen LogP contribution in [0.1, 0.15) is 15.9 Å². The molecule has 0 radical (unpaired) electrons. The van der Waals surface area contributed by atoms with Crippen LogP contribution in [0.4, 0.5) is 0 Å². The Morgan fingerprint density at radius 3 is 2.83 bits per heavy atom. The summed E-state index contributed by atoms with van der Waals surface area (Å²) in [6, 6.07) is 15.6. The molecular formula is C22H21N5O2. The fourth-order valence-corrected chi connectivity index (χ4v) is 3.85. The maximum absolute atomic E-state index is 13.0. The van der Waals surface area contributed by atoms with Crippen LogP contribution < -0.4 is 4.74 Å². The average Bonchev–Trinajstić information content (AvgIpc) is 3.43. The van der Waals surface area contributed by atoms with Crippen LogP contribution >= 0.6 is 0 Å². The molecule has 5 rings (SSSR count). The molecule has 0 spiro atoms. The second kappa shape index (κ2) is 6.77. The molecule has 0 fully saturated rings. The van der Waals surface area contributed by atoms with Crippen LogP contribution in [-0.4, -0.2) is 49.7 Å². The van der Waals surface area contributed by atoms with Crippen molar-refractivity contribution in [2.75, 3.05) is 13.6 Å². The summed E-state index contributed by atoms with van der Waals surface area (Å²) in [5.41, 5.74) is 3.42. The Kier molecular flexibility index (Phi) is 4.08. The van der Waals surface area contributed by atoms with E-state index in [0.29, 0.717) is 23.6 Å².